The van der Waals surface area contributed by atoms with Gasteiger partial charge in [0.2, 0.25) is 0 Å². The predicted molar refractivity (Wildman–Crippen MR) is 297 cm³/mol. The fraction of sp³-hybridized carbons (Fsp3) is 0.130. The van der Waals surface area contributed by atoms with Gasteiger partial charge in [-0.1, -0.05) is 228 Å². The van der Waals surface area contributed by atoms with Gasteiger partial charge in [0.25, 0.3) is 0 Å². The first-order valence-electron chi connectivity index (χ1n) is 25.0. The van der Waals surface area contributed by atoms with Crippen molar-refractivity contribution in [2.45, 2.75) is 56.8 Å². The topological polar surface area (TPSA) is 3.24 Å². The molecule has 0 heterocycles. The molecule has 0 spiro atoms. The quantitative estimate of drug-likeness (QED) is 0.144. The minimum absolute atomic E-state index is 0.133. The second-order valence-corrected chi connectivity index (χ2v) is 21.0. The third-order valence-electron chi connectivity index (χ3n) is 16.2. The summed E-state index contributed by atoms with van der Waals surface area (Å²) >= 11 is 0. The molecule has 0 saturated carbocycles. The maximum atomic E-state index is 2.54. The first-order valence-corrected chi connectivity index (χ1v) is 25.0. The van der Waals surface area contributed by atoms with Crippen LogP contribution in [0.2, 0.25) is 0 Å². The van der Waals surface area contributed by atoms with E-state index in [1.807, 2.05) is 0 Å². The van der Waals surface area contributed by atoms with E-state index in [1.165, 1.54) is 112 Å². The summed E-state index contributed by atoms with van der Waals surface area (Å²) in [5.74, 6) is 0. The van der Waals surface area contributed by atoms with E-state index in [0.717, 1.165) is 17.1 Å². The molecule has 0 aromatic heterocycles. The van der Waals surface area contributed by atoms with Gasteiger partial charge in [0, 0.05) is 16.9 Å². The van der Waals surface area contributed by atoms with Crippen LogP contribution in [0, 0.1) is 0 Å². The van der Waals surface area contributed by atoms with Crippen molar-refractivity contribution in [3.63, 3.8) is 0 Å². The molecule has 0 saturated heterocycles. The maximum absolute atomic E-state index is 2.54. The van der Waals surface area contributed by atoms with E-state index >= 15 is 0 Å². The van der Waals surface area contributed by atoms with Crippen LogP contribution in [0.3, 0.4) is 0 Å². The predicted octanol–water partition coefficient (Wildman–Crippen LogP) is 18.7. The third kappa shape index (κ3) is 6.45. The summed E-state index contributed by atoms with van der Waals surface area (Å²) in [6, 6.07) is 89.1. The Morgan fingerprint density at radius 1 is 0.300 bits per heavy atom. The summed E-state index contributed by atoms with van der Waals surface area (Å²) in [6.45, 7) is 9.66. The molecule has 1 nitrogen and oxygen atoms in total. The Balaban J connectivity index is 1.09. The van der Waals surface area contributed by atoms with Gasteiger partial charge < -0.3 is 4.90 Å². The molecule has 0 atom stereocenters. The average molecular weight is 898 g/mol. The lowest BCUT2D eigenvalue weighted by Gasteiger charge is -2.42. The largest absolute Gasteiger partial charge is 0.310 e. The summed E-state index contributed by atoms with van der Waals surface area (Å²) in [5, 5.41) is 7.58. The summed E-state index contributed by atoms with van der Waals surface area (Å²) < 4.78 is 0. The van der Waals surface area contributed by atoms with Crippen molar-refractivity contribution < 1.29 is 0 Å². The highest BCUT2D eigenvalue weighted by Crippen LogP contribution is 2.59. The molecule has 1 heteroatoms. The Kier molecular flexibility index (Phi) is 9.65. The van der Waals surface area contributed by atoms with E-state index in [9.17, 15) is 0 Å². The monoisotopic (exact) mass is 897 g/mol. The van der Waals surface area contributed by atoms with Gasteiger partial charge >= 0.3 is 0 Å². The summed E-state index contributed by atoms with van der Waals surface area (Å²) in [6.07, 6.45) is 2.40. The molecule has 13 rings (SSSR count). The third-order valence-corrected chi connectivity index (χ3v) is 16.2. The summed E-state index contributed by atoms with van der Waals surface area (Å²) in [7, 11) is 0. The zero-order valence-corrected chi connectivity index (χ0v) is 40.4. The second kappa shape index (κ2) is 16.0. The van der Waals surface area contributed by atoms with Crippen molar-refractivity contribution >= 4 is 49.4 Å². The Bertz CT molecular complexity index is 3730. The maximum Gasteiger partial charge on any atom is 0.0714 e. The highest BCUT2D eigenvalue weighted by atomic mass is 15.1. The number of fused-ring (bicyclic) bond motifs is 10. The molecule has 0 unspecified atom stereocenters. The molecule has 2 aliphatic carbocycles. The van der Waals surface area contributed by atoms with Crippen LogP contribution in [0.15, 0.2) is 237 Å². The van der Waals surface area contributed by atoms with E-state index in [4.69, 9.17) is 0 Å². The normalized spacial score (nSPS) is 15.1. The summed E-state index contributed by atoms with van der Waals surface area (Å²) in [4.78, 5) is 2.52. The molecule has 11 aromatic rings. The van der Waals surface area contributed by atoms with Crippen LogP contribution in [0.1, 0.15) is 73.9 Å². The molecule has 70 heavy (non-hydrogen) atoms. The SMILES string of the molecule is CC1(C)CCC(C)(C)c2cc(-c3ccc(-c4cc5c(cc4N(c4ccccc4)c4ccc6c7ccccc7c7ccccc7c6c4)C(c4ccccc4)(c4ccccc4)c4ccccc4-5)cc3)ccc21. The van der Waals surface area contributed by atoms with Crippen LogP contribution >= 0.6 is 0 Å². The zero-order chi connectivity index (χ0) is 47.2. The summed E-state index contributed by atoms with van der Waals surface area (Å²) in [5.41, 5.74) is 18.5. The fourth-order valence-electron chi connectivity index (χ4n) is 12.5. The van der Waals surface area contributed by atoms with Gasteiger partial charge in [-0.2, -0.15) is 0 Å². The van der Waals surface area contributed by atoms with Crippen molar-refractivity contribution in [1.82, 2.24) is 0 Å². The first-order chi connectivity index (χ1) is 34.2. The fourth-order valence-corrected chi connectivity index (χ4v) is 12.5. The number of hydrogen-bond donors (Lipinski definition) is 0. The van der Waals surface area contributed by atoms with Gasteiger partial charge in [0.1, 0.15) is 0 Å². The lowest BCUT2D eigenvalue weighted by molar-refractivity contribution is 0.332. The van der Waals surface area contributed by atoms with Gasteiger partial charge in [-0.05, 0) is 154 Å². The Labute approximate surface area is 412 Å². The molecule has 2 aliphatic rings. The number of hydrogen-bond acceptors (Lipinski definition) is 1. The molecule has 0 amide bonds. The minimum Gasteiger partial charge on any atom is -0.310 e. The smallest absolute Gasteiger partial charge is 0.0714 e. The Morgan fingerprint density at radius 2 is 0.800 bits per heavy atom. The highest BCUT2D eigenvalue weighted by molar-refractivity contribution is 6.26. The van der Waals surface area contributed by atoms with Crippen molar-refractivity contribution in [1.29, 1.82) is 0 Å². The van der Waals surface area contributed by atoms with Crippen molar-refractivity contribution in [3.8, 4) is 33.4 Å². The molecule has 0 fully saturated rings. The standard InChI is InChI=1S/C69H55N/c1-67(2)40-41-68(3,4)65-42-48(36-39-63(65)67)46-32-34-47(35-33-46)59-44-61-58-30-18-19-31-62(58)69(49-20-8-5-9-21-49,50-22-10-6-11-23-50)64(61)45-66(59)70(51-24-12-7-13-25-51)52-37-38-57-55-28-15-14-26-53(55)54-27-16-17-29-56(54)60(57)43-52/h5-39,42-45H,40-41H2,1-4H3. The van der Waals surface area contributed by atoms with Gasteiger partial charge in [-0.25, -0.2) is 0 Å². The van der Waals surface area contributed by atoms with E-state index in [2.05, 4.69) is 269 Å². The molecule has 0 bridgehead atoms. The van der Waals surface area contributed by atoms with Gasteiger partial charge in [-0.3, -0.25) is 0 Å². The molecule has 0 aliphatic heterocycles. The molecular formula is C69H55N. The van der Waals surface area contributed by atoms with Crippen LogP contribution in [0.4, 0.5) is 17.1 Å². The number of benzene rings is 11. The number of para-hydroxylation sites is 1. The molecule has 11 aromatic carbocycles. The lowest BCUT2D eigenvalue weighted by Crippen LogP contribution is -2.33. The van der Waals surface area contributed by atoms with Crippen molar-refractivity contribution in [3.05, 3.63) is 270 Å². The number of nitrogens with zero attached hydrogens (tertiary/aromatic N) is 1. The van der Waals surface area contributed by atoms with Crippen molar-refractivity contribution in [2.24, 2.45) is 0 Å². The number of anilines is 3. The first kappa shape index (κ1) is 42.1. The van der Waals surface area contributed by atoms with Gasteiger partial charge in [-0.15, -0.1) is 0 Å². The van der Waals surface area contributed by atoms with Crippen LogP contribution < -0.4 is 4.90 Å². The van der Waals surface area contributed by atoms with E-state index in [-0.39, 0.29) is 10.8 Å². The van der Waals surface area contributed by atoms with Gasteiger partial charge in [0.05, 0.1) is 11.1 Å². The van der Waals surface area contributed by atoms with Crippen LogP contribution in [-0.4, -0.2) is 0 Å². The molecule has 0 radical (unpaired) electrons. The second-order valence-electron chi connectivity index (χ2n) is 21.0. The van der Waals surface area contributed by atoms with Crippen LogP contribution in [0.25, 0.3) is 65.7 Å². The lowest BCUT2D eigenvalue weighted by atomic mass is 9.63. The van der Waals surface area contributed by atoms with Crippen LogP contribution in [-0.2, 0) is 16.2 Å². The highest BCUT2D eigenvalue weighted by Gasteiger charge is 2.47. The van der Waals surface area contributed by atoms with Crippen molar-refractivity contribution in [2.75, 3.05) is 4.90 Å². The van der Waals surface area contributed by atoms with Crippen LogP contribution in [0.5, 0.6) is 0 Å². The van der Waals surface area contributed by atoms with Gasteiger partial charge in [0.15, 0.2) is 0 Å². The average Bonchev–Trinajstić information content (AvgIpc) is 3.70. The molecule has 0 N–H and O–H groups in total. The molecule has 336 valence electrons. The Morgan fingerprint density at radius 3 is 1.43 bits per heavy atom. The van der Waals surface area contributed by atoms with E-state index in [0.29, 0.717) is 0 Å². The van der Waals surface area contributed by atoms with E-state index in [1.54, 1.807) is 0 Å². The minimum atomic E-state index is -0.568. The molecular weight excluding hydrogens is 843 g/mol. The zero-order valence-electron chi connectivity index (χ0n) is 40.4. The Hall–Kier alpha value is -8.00. The van der Waals surface area contributed by atoms with E-state index < -0.39 is 5.41 Å². The number of rotatable bonds is 7.